The van der Waals surface area contributed by atoms with Crippen molar-refractivity contribution in [3.63, 3.8) is 0 Å². The number of anilines is 1. The highest BCUT2D eigenvalue weighted by molar-refractivity contribution is 7.16. The van der Waals surface area contributed by atoms with Crippen LogP contribution in [0.15, 0.2) is 36.4 Å². The zero-order valence-electron chi connectivity index (χ0n) is 12.7. The first-order chi connectivity index (χ1) is 10.9. The first-order valence-corrected chi connectivity index (χ1v) is 8.18. The summed E-state index contributed by atoms with van der Waals surface area (Å²) in [5.41, 5.74) is 0.0945. The molecule has 0 aliphatic heterocycles. The standard InChI is InChI=1S/C15H16ClN3O3S/c1-10(18(2)9-11-7-8-14(16)23-11)15(20)17-12-5-3-4-6-13(12)19(21)22/h3-8,10H,9H2,1-2H3,(H,17,20)/p+1/t10-/m1/s1. The molecule has 2 rings (SSSR count). The topological polar surface area (TPSA) is 76.7 Å². The third-order valence-corrected chi connectivity index (χ3v) is 4.80. The van der Waals surface area contributed by atoms with Crippen LogP contribution in [0.5, 0.6) is 0 Å². The summed E-state index contributed by atoms with van der Waals surface area (Å²) >= 11 is 7.39. The number of likely N-dealkylation sites (N-methyl/N-ethyl adjacent to an activating group) is 1. The lowest BCUT2D eigenvalue weighted by atomic mass is 10.2. The molecular weight excluding hydrogens is 338 g/mol. The highest BCUT2D eigenvalue weighted by Gasteiger charge is 2.24. The fraction of sp³-hybridized carbons (Fsp3) is 0.267. The third kappa shape index (κ3) is 4.51. The molecule has 6 nitrogen and oxygen atoms in total. The molecule has 0 aliphatic carbocycles. The van der Waals surface area contributed by atoms with Crippen molar-refractivity contribution in [2.75, 3.05) is 12.4 Å². The van der Waals surface area contributed by atoms with Crippen LogP contribution in [0.25, 0.3) is 0 Å². The van der Waals surface area contributed by atoms with Gasteiger partial charge in [-0.25, -0.2) is 0 Å². The van der Waals surface area contributed by atoms with Gasteiger partial charge < -0.3 is 10.2 Å². The molecule has 0 fully saturated rings. The molecule has 0 spiro atoms. The van der Waals surface area contributed by atoms with Gasteiger partial charge in [-0.3, -0.25) is 14.9 Å². The molecule has 1 unspecified atom stereocenters. The van der Waals surface area contributed by atoms with E-state index in [9.17, 15) is 14.9 Å². The summed E-state index contributed by atoms with van der Waals surface area (Å²) in [7, 11) is 1.90. The molecule has 1 aromatic heterocycles. The van der Waals surface area contributed by atoms with Crippen molar-refractivity contribution in [3.8, 4) is 0 Å². The van der Waals surface area contributed by atoms with Gasteiger partial charge in [-0.15, -0.1) is 11.3 Å². The van der Waals surface area contributed by atoms with Crippen LogP contribution in [0.4, 0.5) is 11.4 Å². The minimum atomic E-state index is -0.509. The van der Waals surface area contributed by atoms with E-state index >= 15 is 0 Å². The number of para-hydroxylation sites is 2. The molecule has 0 saturated carbocycles. The molecule has 1 heterocycles. The van der Waals surface area contributed by atoms with Crippen molar-refractivity contribution in [1.29, 1.82) is 0 Å². The maximum Gasteiger partial charge on any atom is 0.292 e. The van der Waals surface area contributed by atoms with E-state index in [-0.39, 0.29) is 23.3 Å². The number of nitrogens with zero attached hydrogens (tertiary/aromatic N) is 1. The van der Waals surface area contributed by atoms with Gasteiger partial charge in [-0.05, 0) is 25.1 Å². The van der Waals surface area contributed by atoms with E-state index in [4.69, 9.17) is 11.6 Å². The molecule has 2 aromatic rings. The van der Waals surface area contributed by atoms with Crippen molar-refractivity contribution in [2.24, 2.45) is 0 Å². The average Bonchev–Trinajstić information content (AvgIpc) is 2.91. The highest BCUT2D eigenvalue weighted by atomic mass is 35.5. The van der Waals surface area contributed by atoms with E-state index in [2.05, 4.69) is 5.32 Å². The molecule has 122 valence electrons. The summed E-state index contributed by atoms with van der Waals surface area (Å²) in [4.78, 5) is 24.9. The summed E-state index contributed by atoms with van der Waals surface area (Å²) in [6, 6.07) is 9.50. The van der Waals surface area contributed by atoms with Gasteiger partial charge in [0.25, 0.3) is 11.6 Å². The number of quaternary nitrogens is 1. The molecule has 8 heteroatoms. The summed E-state index contributed by atoms with van der Waals surface area (Å²) in [5.74, 6) is -0.264. The van der Waals surface area contributed by atoms with Gasteiger partial charge >= 0.3 is 0 Å². The molecule has 1 aromatic carbocycles. The number of rotatable bonds is 6. The van der Waals surface area contributed by atoms with Crippen LogP contribution in [-0.4, -0.2) is 23.9 Å². The minimum Gasteiger partial charge on any atom is -0.323 e. The number of carbonyl (C=O) groups excluding carboxylic acids is 1. The molecule has 2 N–H and O–H groups in total. The van der Waals surface area contributed by atoms with Gasteiger partial charge in [0, 0.05) is 6.07 Å². The summed E-state index contributed by atoms with van der Waals surface area (Å²) in [6.07, 6.45) is 0. The monoisotopic (exact) mass is 354 g/mol. The van der Waals surface area contributed by atoms with Gasteiger partial charge in [0.15, 0.2) is 6.04 Å². The maximum absolute atomic E-state index is 12.3. The van der Waals surface area contributed by atoms with E-state index in [1.54, 1.807) is 19.1 Å². The molecular formula is C15H17ClN3O3S+. The van der Waals surface area contributed by atoms with Crippen LogP contribution >= 0.6 is 22.9 Å². The molecule has 0 bridgehead atoms. The Morgan fingerprint density at radius 1 is 1.39 bits per heavy atom. The molecule has 0 saturated heterocycles. The second-order valence-corrected chi connectivity index (χ2v) is 7.01. The van der Waals surface area contributed by atoms with E-state index < -0.39 is 4.92 Å². The van der Waals surface area contributed by atoms with Crippen LogP contribution in [-0.2, 0) is 11.3 Å². The molecule has 1 amide bonds. The van der Waals surface area contributed by atoms with Crippen molar-refractivity contribution in [2.45, 2.75) is 19.5 Å². The van der Waals surface area contributed by atoms with E-state index in [0.29, 0.717) is 10.9 Å². The van der Waals surface area contributed by atoms with Crippen LogP contribution in [0.2, 0.25) is 4.34 Å². The number of nitro benzene ring substituents is 1. The summed E-state index contributed by atoms with van der Waals surface area (Å²) in [5, 5.41) is 13.6. The predicted octanol–water partition coefficient (Wildman–Crippen LogP) is 2.35. The van der Waals surface area contributed by atoms with Crippen LogP contribution in [0.3, 0.4) is 0 Å². The Kier molecular flexibility index (Phi) is 5.70. The van der Waals surface area contributed by atoms with Crippen LogP contribution < -0.4 is 10.2 Å². The third-order valence-electron chi connectivity index (χ3n) is 3.57. The van der Waals surface area contributed by atoms with Gasteiger partial charge in [-0.2, -0.15) is 0 Å². The Hall–Kier alpha value is -1.96. The number of thiophene rings is 1. The molecule has 2 atom stereocenters. The van der Waals surface area contributed by atoms with E-state index in [1.807, 2.05) is 19.2 Å². The molecule has 0 radical (unpaired) electrons. The second-order valence-electron chi connectivity index (χ2n) is 5.21. The zero-order chi connectivity index (χ0) is 17.0. The quantitative estimate of drug-likeness (QED) is 0.617. The Labute approximate surface area is 142 Å². The smallest absolute Gasteiger partial charge is 0.292 e. The first-order valence-electron chi connectivity index (χ1n) is 6.99. The number of amides is 1. The normalized spacial score (nSPS) is 13.3. The van der Waals surface area contributed by atoms with E-state index in [1.165, 1.54) is 23.5 Å². The fourth-order valence-electron chi connectivity index (χ4n) is 2.08. The van der Waals surface area contributed by atoms with Gasteiger partial charge in [0.2, 0.25) is 0 Å². The Balaban J connectivity index is 2.03. The van der Waals surface area contributed by atoms with Crippen LogP contribution in [0.1, 0.15) is 11.8 Å². The van der Waals surface area contributed by atoms with Crippen molar-refractivity contribution >= 4 is 40.2 Å². The first kappa shape index (κ1) is 17.4. The number of hydrogen-bond acceptors (Lipinski definition) is 4. The largest absolute Gasteiger partial charge is 0.323 e. The predicted molar refractivity (Wildman–Crippen MR) is 91.1 cm³/mol. The van der Waals surface area contributed by atoms with Crippen molar-refractivity contribution < 1.29 is 14.6 Å². The Morgan fingerprint density at radius 3 is 2.70 bits per heavy atom. The fourth-order valence-corrected chi connectivity index (χ4v) is 3.26. The van der Waals surface area contributed by atoms with Gasteiger partial charge in [0.05, 0.1) is 21.2 Å². The average molecular weight is 355 g/mol. The lowest BCUT2D eigenvalue weighted by molar-refractivity contribution is -0.907. The van der Waals surface area contributed by atoms with Crippen LogP contribution in [0, 0.1) is 10.1 Å². The van der Waals surface area contributed by atoms with Gasteiger partial charge in [-0.1, -0.05) is 23.7 Å². The highest BCUT2D eigenvalue weighted by Crippen LogP contribution is 2.23. The number of carbonyl (C=O) groups is 1. The Morgan fingerprint density at radius 2 is 2.09 bits per heavy atom. The second kappa shape index (κ2) is 7.54. The lowest BCUT2D eigenvalue weighted by Crippen LogP contribution is -3.12. The van der Waals surface area contributed by atoms with Crippen molar-refractivity contribution in [3.05, 3.63) is 55.7 Å². The summed E-state index contributed by atoms with van der Waals surface area (Å²) < 4.78 is 0.713. The number of nitro groups is 1. The molecule has 0 aliphatic rings. The van der Waals surface area contributed by atoms with Crippen molar-refractivity contribution in [1.82, 2.24) is 0 Å². The van der Waals surface area contributed by atoms with E-state index in [0.717, 1.165) is 9.78 Å². The minimum absolute atomic E-state index is 0.115. The number of benzene rings is 1. The number of halogens is 1. The maximum atomic E-state index is 12.3. The number of nitrogens with one attached hydrogen (secondary N) is 2. The summed E-state index contributed by atoms with van der Waals surface area (Å²) in [6.45, 7) is 2.44. The van der Waals surface area contributed by atoms with Gasteiger partial charge in [0.1, 0.15) is 12.2 Å². The number of hydrogen-bond donors (Lipinski definition) is 2. The Bertz CT molecular complexity index is 719. The zero-order valence-corrected chi connectivity index (χ0v) is 14.3. The SMILES string of the molecule is C[C@H](C(=O)Nc1ccccc1[N+](=O)[O-])[NH+](C)Cc1ccc(Cl)s1. The lowest BCUT2D eigenvalue weighted by Gasteiger charge is -2.20. The molecule has 23 heavy (non-hydrogen) atoms.